The highest BCUT2D eigenvalue weighted by atomic mass is 28.4. The fourth-order valence-electron chi connectivity index (χ4n) is 8.03. The SMILES string of the molecule is CCCCCCCCCCO[Si](OCC12CC3CC(CC(C3)C1)C2)(c1ccccc1)c1ccccc1. The molecule has 2 aromatic carbocycles. The predicted octanol–water partition coefficient (Wildman–Crippen LogP) is 7.63. The third kappa shape index (κ3) is 6.17. The monoisotopic (exact) mass is 504 g/mol. The van der Waals surface area contributed by atoms with Crippen molar-refractivity contribution in [3.05, 3.63) is 60.7 Å². The zero-order valence-corrected chi connectivity index (χ0v) is 23.6. The second kappa shape index (κ2) is 12.4. The molecule has 0 aromatic heterocycles. The molecule has 4 aliphatic carbocycles. The number of hydrogen-bond donors (Lipinski definition) is 0. The van der Waals surface area contributed by atoms with Crippen molar-refractivity contribution in [1.29, 1.82) is 0 Å². The molecule has 6 rings (SSSR count). The Hall–Kier alpha value is -1.42. The van der Waals surface area contributed by atoms with E-state index in [1.807, 2.05) is 0 Å². The maximum Gasteiger partial charge on any atom is 0.407 e. The van der Waals surface area contributed by atoms with Crippen LogP contribution in [0.3, 0.4) is 0 Å². The van der Waals surface area contributed by atoms with Crippen LogP contribution in [0.2, 0.25) is 0 Å². The van der Waals surface area contributed by atoms with Crippen molar-refractivity contribution < 1.29 is 8.85 Å². The minimum Gasteiger partial charge on any atom is -0.388 e. The van der Waals surface area contributed by atoms with E-state index in [1.165, 1.54) is 93.8 Å². The molecule has 0 unspecified atom stereocenters. The Bertz CT molecular complexity index is 837. The Morgan fingerprint density at radius 1 is 0.639 bits per heavy atom. The van der Waals surface area contributed by atoms with Gasteiger partial charge >= 0.3 is 8.56 Å². The van der Waals surface area contributed by atoms with Crippen LogP contribution in [0.4, 0.5) is 0 Å². The summed E-state index contributed by atoms with van der Waals surface area (Å²) in [5.74, 6) is 2.84. The highest BCUT2D eigenvalue weighted by Gasteiger charge is 2.53. The van der Waals surface area contributed by atoms with Gasteiger partial charge in [-0.25, -0.2) is 0 Å². The van der Waals surface area contributed by atoms with E-state index < -0.39 is 8.56 Å². The van der Waals surface area contributed by atoms with E-state index in [0.717, 1.165) is 37.4 Å². The lowest BCUT2D eigenvalue weighted by molar-refractivity contribution is -0.0792. The van der Waals surface area contributed by atoms with Gasteiger partial charge in [-0.05, 0) is 78.5 Å². The van der Waals surface area contributed by atoms with Crippen LogP contribution in [0.5, 0.6) is 0 Å². The zero-order chi connectivity index (χ0) is 24.7. The molecule has 0 spiro atoms. The molecule has 0 radical (unpaired) electrons. The summed E-state index contributed by atoms with van der Waals surface area (Å²) >= 11 is 0. The van der Waals surface area contributed by atoms with Crippen molar-refractivity contribution >= 4 is 18.9 Å². The van der Waals surface area contributed by atoms with E-state index in [9.17, 15) is 0 Å². The standard InChI is InChI=1S/C33H48O2Si/c1-2-3-4-5-6-7-8-15-20-34-36(31-16-11-9-12-17-31,32-18-13-10-14-19-32)35-27-33-24-28-21-29(25-33)23-30(22-28)26-33/h9-14,16-19,28-30H,2-8,15,20-27H2,1H3. The number of unbranched alkanes of at least 4 members (excludes halogenated alkanes) is 7. The topological polar surface area (TPSA) is 18.5 Å². The largest absolute Gasteiger partial charge is 0.407 e. The van der Waals surface area contributed by atoms with Crippen molar-refractivity contribution in [3.8, 4) is 0 Å². The molecule has 0 N–H and O–H groups in total. The highest BCUT2D eigenvalue weighted by Crippen LogP contribution is 2.60. The van der Waals surface area contributed by atoms with Gasteiger partial charge in [0.2, 0.25) is 0 Å². The quantitative estimate of drug-likeness (QED) is 0.183. The van der Waals surface area contributed by atoms with E-state index in [4.69, 9.17) is 8.85 Å². The molecule has 4 bridgehead atoms. The van der Waals surface area contributed by atoms with Gasteiger partial charge in [-0.1, -0.05) is 113 Å². The second-order valence-electron chi connectivity index (χ2n) is 12.4. The van der Waals surface area contributed by atoms with Crippen LogP contribution in [-0.4, -0.2) is 21.8 Å². The molecule has 3 heteroatoms. The van der Waals surface area contributed by atoms with Crippen molar-refractivity contribution in [2.24, 2.45) is 23.2 Å². The third-order valence-electron chi connectivity index (χ3n) is 9.36. The average molecular weight is 505 g/mol. The fraction of sp³-hybridized carbons (Fsp3) is 0.636. The molecule has 4 fully saturated rings. The van der Waals surface area contributed by atoms with E-state index in [1.54, 1.807) is 0 Å². The molecule has 0 heterocycles. The normalized spacial score (nSPS) is 27.0. The molecule has 0 saturated heterocycles. The van der Waals surface area contributed by atoms with Gasteiger partial charge in [-0.2, -0.15) is 0 Å². The van der Waals surface area contributed by atoms with Gasteiger partial charge in [0.15, 0.2) is 0 Å². The van der Waals surface area contributed by atoms with E-state index in [0.29, 0.717) is 5.41 Å². The summed E-state index contributed by atoms with van der Waals surface area (Å²) in [5.41, 5.74) is 0.387. The van der Waals surface area contributed by atoms with Crippen molar-refractivity contribution in [2.75, 3.05) is 13.2 Å². The molecular formula is C33H48O2Si. The van der Waals surface area contributed by atoms with Crippen LogP contribution in [0.25, 0.3) is 0 Å². The lowest BCUT2D eigenvalue weighted by atomic mass is 9.50. The summed E-state index contributed by atoms with van der Waals surface area (Å²) in [6, 6.07) is 21.9. The van der Waals surface area contributed by atoms with Gasteiger partial charge in [-0.3, -0.25) is 0 Å². The van der Waals surface area contributed by atoms with Gasteiger partial charge < -0.3 is 8.85 Å². The summed E-state index contributed by atoms with van der Waals surface area (Å²) in [6.07, 6.45) is 19.1. The number of rotatable bonds is 15. The average Bonchev–Trinajstić information content (AvgIpc) is 2.90. The lowest BCUT2D eigenvalue weighted by Crippen LogP contribution is -2.65. The van der Waals surface area contributed by atoms with E-state index >= 15 is 0 Å². The van der Waals surface area contributed by atoms with Gasteiger partial charge in [0.25, 0.3) is 0 Å². The smallest absolute Gasteiger partial charge is 0.388 e. The summed E-state index contributed by atoms with van der Waals surface area (Å²) in [5, 5.41) is 2.53. The van der Waals surface area contributed by atoms with Crippen LogP contribution < -0.4 is 10.4 Å². The molecule has 36 heavy (non-hydrogen) atoms. The Balaban J connectivity index is 1.30. The van der Waals surface area contributed by atoms with E-state index in [2.05, 4.69) is 67.6 Å². The summed E-state index contributed by atoms with van der Waals surface area (Å²) < 4.78 is 14.3. The Morgan fingerprint density at radius 2 is 1.11 bits per heavy atom. The predicted molar refractivity (Wildman–Crippen MR) is 153 cm³/mol. The Morgan fingerprint density at radius 3 is 1.61 bits per heavy atom. The van der Waals surface area contributed by atoms with Gasteiger partial charge in [0, 0.05) is 13.2 Å². The molecule has 4 saturated carbocycles. The van der Waals surface area contributed by atoms with Crippen LogP contribution >= 0.6 is 0 Å². The lowest BCUT2D eigenvalue weighted by Gasteiger charge is -2.57. The molecule has 196 valence electrons. The van der Waals surface area contributed by atoms with Crippen LogP contribution in [0.1, 0.15) is 96.8 Å². The van der Waals surface area contributed by atoms with Crippen molar-refractivity contribution in [1.82, 2.24) is 0 Å². The summed E-state index contributed by atoms with van der Waals surface area (Å²) in [6.45, 7) is 3.97. The molecule has 0 amide bonds. The van der Waals surface area contributed by atoms with Crippen molar-refractivity contribution in [2.45, 2.75) is 96.8 Å². The molecular weight excluding hydrogens is 456 g/mol. The van der Waals surface area contributed by atoms with E-state index in [-0.39, 0.29) is 0 Å². The maximum atomic E-state index is 7.28. The Kier molecular flexibility index (Phi) is 9.03. The number of benzene rings is 2. The minimum absolute atomic E-state index is 0.387. The molecule has 2 nitrogen and oxygen atoms in total. The first-order valence-electron chi connectivity index (χ1n) is 15.1. The maximum absolute atomic E-state index is 7.28. The first kappa shape index (κ1) is 26.2. The van der Waals surface area contributed by atoms with Gasteiger partial charge in [-0.15, -0.1) is 0 Å². The Labute approximate surface area is 221 Å². The molecule has 2 aromatic rings. The highest BCUT2D eigenvalue weighted by molar-refractivity contribution is 6.92. The van der Waals surface area contributed by atoms with Crippen molar-refractivity contribution in [3.63, 3.8) is 0 Å². The first-order chi connectivity index (χ1) is 17.7. The van der Waals surface area contributed by atoms with Crippen LogP contribution in [0.15, 0.2) is 60.7 Å². The van der Waals surface area contributed by atoms with Crippen LogP contribution in [-0.2, 0) is 8.85 Å². The summed E-state index contributed by atoms with van der Waals surface area (Å²) in [7, 11) is -2.79. The molecule has 0 aliphatic heterocycles. The zero-order valence-electron chi connectivity index (χ0n) is 22.6. The van der Waals surface area contributed by atoms with Gasteiger partial charge in [0.05, 0.1) is 0 Å². The second-order valence-corrected chi connectivity index (χ2v) is 15.3. The fourth-order valence-corrected chi connectivity index (χ4v) is 11.3. The first-order valence-corrected chi connectivity index (χ1v) is 16.9. The minimum atomic E-state index is -2.79. The third-order valence-corrected chi connectivity index (χ3v) is 12.7. The van der Waals surface area contributed by atoms with Crippen LogP contribution in [0, 0.1) is 23.2 Å². The molecule has 4 aliphatic rings. The van der Waals surface area contributed by atoms with Gasteiger partial charge in [0.1, 0.15) is 0 Å². The number of hydrogen-bond acceptors (Lipinski definition) is 2. The molecule has 0 atom stereocenters. The summed E-state index contributed by atoms with van der Waals surface area (Å²) in [4.78, 5) is 0.